The normalized spacial score (nSPS) is 27.1. The molecule has 2 fully saturated rings. The van der Waals surface area contributed by atoms with Gasteiger partial charge in [-0.05, 0) is 44.1 Å². The molecule has 5 atom stereocenters. The Morgan fingerprint density at radius 2 is 2.12 bits per heavy atom. The van der Waals surface area contributed by atoms with Gasteiger partial charge in [0.05, 0.1) is 0 Å². The maximum atomic E-state index is 12.3. The van der Waals surface area contributed by atoms with Crippen LogP contribution in [0, 0.1) is 11.8 Å². The fourth-order valence-electron chi connectivity index (χ4n) is 4.16. The van der Waals surface area contributed by atoms with Crippen molar-refractivity contribution in [2.24, 2.45) is 11.8 Å². The van der Waals surface area contributed by atoms with Gasteiger partial charge in [-0.2, -0.15) is 0 Å². The molecule has 1 aromatic carbocycles. The summed E-state index contributed by atoms with van der Waals surface area (Å²) >= 11 is 6.28. The zero-order valence-electron chi connectivity index (χ0n) is 14.7. The molecule has 3 rings (SSSR count). The summed E-state index contributed by atoms with van der Waals surface area (Å²) in [7, 11) is 1.55. The molecular formula is C19H26ClNO4. The summed E-state index contributed by atoms with van der Waals surface area (Å²) in [5.74, 6) is 1.38. The second-order valence-electron chi connectivity index (χ2n) is 7.05. The molecule has 138 valence electrons. The van der Waals surface area contributed by atoms with Gasteiger partial charge in [0, 0.05) is 23.7 Å². The zero-order chi connectivity index (χ0) is 17.8. The van der Waals surface area contributed by atoms with Gasteiger partial charge < -0.3 is 19.5 Å². The summed E-state index contributed by atoms with van der Waals surface area (Å²) in [5, 5.41) is 3.61. The SMILES string of the molecule is COCO[C@@H](c1ccccc1Cl)[C@H](C)OC(=O)NC1CC2CCC1C2. The monoisotopic (exact) mass is 367 g/mol. The van der Waals surface area contributed by atoms with Crippen LogP contribution in [0.5, 0.6) is 0 Å². The molecule has 2 bridgehead atoms. The Balaban J connectivity index is 1.60. The van der Waals surface area contributed by atoms with Crippen LogP contribution in [0.4, 0.5) is 4.79 Å². The van der Waals surface area contributed by atoms with Crippen LogP contribution in [0.1, 0.15) is 44.3 Å². The van der Waals surface area contributed by atoms with Gasteiger partial charge in [-0.15, -0.1) is 0 Å². The van der Waals surface area contributed by atoms with E-state index in [9.17, 15) is 4.79 Å². The van der Waals surface area contributed by atoms with Gasteiger partial charge in [-0.3, -0.25) is 0 Å². The summed E-state index contributed by atoms with van der Waals surface area (Å²) in [6, 6.07) is 7.65. The largest absolute Gasteiger partial charge is 0.443 e. The van der Waals surface area contributed by atoms with E-state index >= 15 is 0 Å². The molecule has 25 heavy (non-hydrogen) atoms. The third kappa shape index (κ3) is 4.46. The average molecular weight is 368 g/mol. The van der Waals surface area contributed by atoms with Gasteiger partial charge >= 0.3 is 6.09 Å². The third-order valence-corrected chi connectivity index (χ3v) is 5.68. The molecular weight excluding hydrogens is 342 g/mol. The topological polar surface area (TPSA) is 56.8 Å². The lowest BCUT2D eigenvalue weighted by Crippen LogP contribution is -2.41. The first-order valence-electron chi connectivity index (χ1n) is 8.90. The molecule has 2 aliphatic carbocycles. The molecule has 1 aromatic rings. The Labute approximate surface area is 154 Å². The fourth-order valence-corrected chi connectivity index (χ4v) is 4.41. The Bertz CT molecular complexity index is 597. The van der Waals surface area contributed by atoms with Gasteiger partial charge in [0.25, 0.3) is 0 Å². The summed E-state index contributed by atoms with van der Waals surface area (Å²) in [6.45, 7) is 1.90. The molecule has 2 saturated carbocycles. The van der Waals surface area contributed by atoms with Crippen LogP contribution in [0.3, 0.4) is 0 Å². The molecule has 0 aromatic heterocycles. The van der Waals surface area contributed by atoms with Crippen molar-refractivity contribution in [2.75, 3.05) is 13.9 Å². The van der Waals surface area contributed by atoms with E-state index in [0.717, 1.165) is 17.9 Å². The number of benzene rings is 1. The molecule has 0 heterocycles. The lowest BCUT2D eigenvalue weighted by atomic mass is 9.96. The molecule has 1 amide bonds. The summed E-state index contributed by atoms with van der Waals surface area (Å²) in [6.07, 6.45) is 3.45. The van der Waals surface area contributed by atoms with Crippen molar-refractivity contribution in [3.63, 3.8) is 0 Å². The van der Waals surface area contributed by atoms with E-state index in [1.807, 2.05) is 25.1 Å². The number of nitrogens with one attached hydrogen (secondary N) is 1. The Kier molecular flexibility index (Phi) is 6.20. The maximum Gasteiger partial charge on any atom is 0.407 e. The molecule has 0 radical (unpaired) electrons. The van der Waals surface area contributed by atoms with Crippen molar-refractivity contribution in [1.82, 2.24) is 5.32 Å². The first-order valence-corrected chi connectivity index (χ1v) is 9.28. The van der Waals surface area contributed by atoms with Crippen molar-refractivity contribution < 1.29 is 19.0 Å². The van der Waals surface area contributed by atoms with E-state index < -0.39 is 12.2 Å². The van der Waals surface area contributed by atoms with E-state index in [0.29, 0.717) is 10.9 Å². The Morgan fingerprint density at radius 3 is 2.76 bits per heavy atom. The fraction of sp³-hybridized carbons (Fsp3) is 0.632. The van der Waals surface area contributed by atoms with Gasteiger partial charge in [0.15, 0.2) is 0 Å². The number of methoxy groups -OCH3 is 1. The second-order valence-corrected chi connectivity index (χ2v) is 7.46. The molecule has 5 nitrogen and oxygen atoms in total. The number of rotatable bonds is 7. The van der Waals surface area contributed by atoms with Crippen molar-refractivity contribution >= 4 is 17.7 Å². The highest BCUT2D eigenvalue weighted by Gasteiger charge is 2.40. The number of ether oxygens (including phenoxy) is 3. The quantitative estimate of drug-likeness (QED) is 0.730. The lowest BCUT2D eigenvalue weighted by molar-refractivity contribution is -0.112. The molecule has 0 spiro atoms. The van der Waals surface area contributed by atoms with Crippen molar-refractivity contribution in [1.29, 1.82) is 0 Å². The van der Waals surface area contributed by atoms with Crippen LogP contribution in [0.15, 0.2) is 24.3 Å². The maximum absolute atomic E-state index is 12.3. The number of alkyl carbamates (subject to hydrolysis) is 1. The highest BCUT2D eigenvalue weighted by atomic mass is 35.5. The highest BCUT2D eigenvalue weighted by Crippen LogP contribution is 2.44. The zero-order valence-corrected chi connectivity index (χ0v) is 15.5. The number of carbonyl (C=O) groups excluding carboxylic acids is 1. The summed E-state index contributed by atoms with van der Waals surface area (Å²) in [4.78, 5) is 12.3. The van der Waals surface area contributed by atoms with Crippen LogP contribution < -0.4 is 5.32 Å². The first kappa shape index (κ1) is 18.5. The van der Waals surface area contributed by atoms with E-state index in [2.05, 4.69) is 5.32 Å². The van der Waals surface area contributed by atoms with E-state index in [-0.39, 0.29) is 18.9 Å². The highest BCUT2D eigenvalue weighted by molar-refractivity contribution is 6.31. The van der Waals surface area contributed by atoms with Gasteiger partial charge in [-0.1, -0.05) is 36.2 Å². The number of hydrogen-bond acceptors (Lipinski definition) is 4. The number of hydrogen-bond donors (Lipinski definition) is 1. The first-order chi connectivity index (χ1) is 12.1. The van der Waals surface area contributed by atoms with Gasteiger partial charge in [-0.25, -0.2) is 4.79 Å². The van der Waals surface area contributed by atoms with E-state index in [1.54, 1.807) is 13.2 Å². The van der Waals surface area contributed by atoms with Crippen molar-refractivity contribution in [2.45, 2.75) is 50.9 Å². The van der Waals surface area contributed by atoms with Crippen LogP contribution in [0.25, 0.3) is 0 Å². The smallest absolute Gasteiger partial charge is 0.407 e. The van der Waals surface area contributed by atoms with Crippen LogP contribution in [-0.4, -0.2) is 32.1 Å². The molecule has 1 N–H and O–H groups in total. The minimum Gasteiger partial charge on any atom is -0.443 e. The van der Waals surface area contributed by atoms with E-state index in [1.165, 1.54) is 19.3 Å². The predicted octanol–water partition coefficient (Wildman–Crippen LogP) is 4.30. The number of fused-ring (bicyclic) bond motifs is 2. The van der Waals surface area contributed by atoms with Crippen LogP contribution in [-0.2, 0) is 14.2 Å². The number of carbonyl (C=O) groups is 1. The summed E-state index contributed by atoms with van der Waals surface area (Å²) in [5.41, 5.74) is 0.779. The molecule has 0 saturated heterocycles. The molecule has 0 aliphatic heterocycles. The van der Waals surface area contributed by atoms with Crippen LogP contribution in [0.2, 0.25) is 5.02 Å². The number of halogens is 1. The third-order valence-electron chi connectivity index (χ3n) is 5.34. The second kappa shape index (κ2) is 8.39. The molecule has 2 aliphatic rings. The number of amides is 1. The molecule has 6 heteroatoms. The average Bonchev–Trinajstić information content (AvgIpc) is 3.19. The molecule has 3 unspecified atom stereocenters. The predicted molar refractivity (Wildman–Crippen MR) is 95.5 cm³/mol. The van der Waals surface area contributed by atoms with Crippen molar-refractivity contribution in [3.8, 4) is 0 Å². The Morgan fingerprint density at radius 1 is 1.32 bits per heavy atom. The van der Waals surface area contributed by atoms with Crippen molar-refractivity contribution in [3.05, 3.63) is 34.9 Å². The van der Waals surface area contributed by atoms with Gasteiger partial charge in [0.1, 0.15) is 19.0 Å². The Hall–Kier alpha value is -1.30. The minimum absolute atomic E-state index is 0.0948. The minimum atomic E-state index is -0.492. The van der Waals surface area contributed by atoms with E-state index in [4.69, 9.17) is 25.8 Å². The summed E-state index contributed by atoms with van der Waals surface area (Å²) < 4.78 is 16.3. The van der Waals surface area contributed by atoms with Crippen LogP contribution >= 0.6 is 11.6 Å². The standard InChI is InChI=1S/C19H26ClNO4/c1-12(18(24-11-23-2)15-5-3-4-6-16(15)20)25-19(22)21-17-10-13-7-8-14(17)9-13/h3-6,12-14,17-18H,7-11H2,1-2H3,(H,21,22)/t12-,13?,14?,17?,18+/m0/s1. The van der Waals surface area contributed by atoms with Gasteiger partial charge in [0.2, 0.25) is 0 Å². The lowest BCUT2D eigenvalue weighted by Gasteiger charge is -2.27.